The van der Waals surface area contributed by atoms with Crippen molar-refractivity contribution in [1.29, 1.82) is 0 Å². The SMILES string of the molecule is Cc1nc(NC(=O)c2ccc(Br)o2)c(Cl)cc1Cl. The number of hydrogen-bond donors (Lipinski definition) is 1. The molecule has 1 amide bonds. The summed E-state index contributed by atoms with van der Waals surface area (Å²) in [6.07, 6.45) is 0. The fraction of sp³-hybridized carbons (Fsp3) is 0.0909. The van der Waals surface area contributed by atoms with Crippen LogP contribution in [0.1, 0.15) is 16.2 Å². The maximum Gasteiger partial charge on any atom is 0.292 e. The largest absolute Gasteiger partial charge is 0.444 e. The van der Waals surface area contributed by atoms with Crippen molar-refractivity contribution in [3.63, 3.8) is 0 Å². The first-order valence-corrected chi connectivity index (χ1v) is 6.41. The second kappa shape index (κ2) is 5.30. The number of rotatable bonds is 2. The lowest BCUT2D eigenvalue weighted by Gasteiger charge is -2.06. The lowest BCUT2D eigenvalue weighted by atomic mass is 10.3. The van der Waals surface area contributed by atoms with Crippen molar-refractivity contribution in [1.82, 2.24) is 4.98 Å². The highest BCUT2D eigenvalue weighted by Crippen LogP contribution is 2.26. The molecule has 2 rings (SSSR count). The van der Waals surface area contributed by atoms with Crippen molar-refractivity contribution < 1.29 is 9.21 Å². The van der Waals surface area contributed by atoms with E-state index in [2.05, 4.69) is 26.2 Å². The molecule has 18 heavy (non-hydrogen) atoms. The molecule has 0 aliphatic heterocycles. The van der Waals surface area contributed by atoms with Gasteiger partial charge in [-0.25, -0.2) is 4.98 Å². The quantitative estimate of drug-likeness (QED) is 0.879. The van der Waals surface area contributed by atoms with E-state index in [9.17, 15) is 4.79 Å². The molecule has 94 valence electrons. The van der Waals surface area contributed by atoms with Gasteiger partial charge in [-0.1, -0.05) is 23.2 Å². The number of amides is 1. The average molecular weight is 350 g/mol. The number of halogens is 3. The molecule has 0 spiro atoms. The Morgan fingerprint density at radius 1 is 1.39 bits per heavy atom. The van der Waals surface area contributed by atoms with E-state index in [1.807, 2.05) is 0 Å². The number of aromatic nitrogens is 1. The second-order valence-electron chi connectivity index (χ2n) is 3.44. The topological polar surface area (TPSA) is 55.1 Å². The van der Waals surface area contributed by atoms with Crippen molar-refractivity contribution in [3.05, 3.63) is 44.4 Å². The van der Waals surface area contributed by atoms with E-state index in [4.69, 9.17) is 27.6 Å². The van der Waals surface area contributed by atoms with Gasteiger partial charge in [-0.2, -0.15) is 0 Å². The number of nitrogens with zero attached hydrogens (tertiary/aromatic N) is 1. The van der Waals surface area contributed by atoms with Crippen LogP contribution >= 0.6 is 39.1 Å². The minimum absolute atomic E-state index is 0.160. The fourth-order valence-corrected chi connectivity index (χ4v) is 1.96. The van der Waals surface area contributed by atoms with Gasteiger partial charge in [0.05, 0.1) is 15.7 Å². The lowest BCUT2D eigenvalue weighted by molar-refractivity contribution is 0.0995. The molecular formula is C11H7BrCl2N2O2. The number of carbonyl (C=O) groups is 1. The summed E-state index contributed by atoms with van der Waals surface area (Å²) < 4.78 is 5.59. The Kier molecular flexibility index (Phi) is 3.94. The summed E-state index contributed by atoms with van der Waals surface area (Å²) in [6, 6.07) is 4.69. The monoisotopic (exact) mass is 348 g/mol. The van der Waals surface area contributed by atoms with E-state index in [0.29, 0.717) is 15.4 Å². The van der Waals surface area contributed by atoms with Crippen LogP contribution in [0.5, 0.6) is 0 Å². The first kappa shape index (κ1) is 13.4. The lowest BCUT2D eigenvalue weighted by Crippen LogP contribution is -2.12. The van der Waals surface area contributed by atoms with Gasteiger partial charge in [-0.05, 0) is 41.1 Å². The van der Waals surface area contributed by atoms with Gasteiger partial charge in [0.2, 0.25) is 0 Å². The highest BCUT2D eigenvalue weighted by molar-refractivity contribution is 9.10. The van der Waals surface area contributed by atoms with Gasteiger partial charge in [0.15, 0.2) is 16.2 Å². The van der Waals surface area contributed by atoms with Crippen LogP contribution in [-0.2, 0) is 0 Å². The van der Waals surface area contributed by atoms with Crippen molar-refractivity contribution >= 4 is 50.9 Å². The zero-order valence-corrected chi connectivity index (χ0v) is 12.2. The maximum absolute atomic E-state index is 11.8. The van der Waals surface area contributed by atoms with E-state index in [0.717, 1.165) is 0 Å². The van der Waals surface area contributed by atoms with Crippen LogP contribution in [0.4, 0.5) is 5.82 Å². The molecule has 0 saturated heterocycles. The van der Waals surface area contributed by atoms with Crippen LogP contribution < -0.4 is 5.32 Å². The Morgan fingerprint density at radius 3 is 2.72 bits per heavy atom. The molecule has 0 fully saturated rings. The number of furan rings is 1. The van der Waals surface area contributed by atoms with E-state index >= 15 is 0 Å². The summed E-state index contributed by atoms with van der Waals surface area (Å²) in [4.78, 5) is 15.9. The summed E-state index contributed by atoms with van der Waals surface area (Å²) in [7, 11) is 0. The first-order valence-electron chi connectivity index (χ1n) is 4.86. The number of nitrogens with one attached hydrogen (secondary N) is 1. The van der Waals surface area contributed by atoms with Gasteiger partial charge < -0.3 is 9.73 Å². The van der Waals surface area contributed by atoms with Crippen LogP contribution in [0.3, 0.4) is 0 Å². The number of carbonyl (C=O) groups excluding carboxylic acids is 1. The minimum atomic E-state index is -0.433. The first-order chi connectivity index (χ1) is 8.47. The molecule has 2 aromatic heterocycles. The van der Waals surface area contributed by atoms with Gasteiger partial charge in [0, 0.05) is 0 Å². The summed E-state index contributed by atoms with van der Waals surface area (Å²) in [5, 5.41) is 3.26. The molecule has 0 aliphatic carbocycles. The van der Waals surface area contributed by atoms with Crippen molar-refractivity contribution in [3.8, 4) is 0 Å². The summed E-state index contributed by atoms with van der Waals surface area (Å²) in [5.41, 5.74) is 0.581. The van der Waals surface area contributed by atoms with Crippen LogP contribution in [0, 0.1) is 6.92 Å². The average Bonchev–Trinajstić information content (AvgIpc) is 2.73. The van der Waals surface area contributed by atoms with Crippen LogP contribution in [0.25, 0.3) is 0 Å². The number of aryl methyl sites for hydroxylation is 1. The van der Waals surface area contributed by atoms with Crippen molar-refractivity contribution in [2.45, 2.75) is 6.92 Å². The smallest absolute Gasteiger partial charge is 0.292 e. The van der Waals surface area contributed by atoms with Crippen LogP contribution in [-0.4, -0.2) is 10.9 Å². The van der Waals surface area contributed by atoms with Crippen LogP contribution in [0.2, 0.25) is 10.0 Å². The van der Waals surface area contributed by atoms with Crippen LogP contribution in [0.15, 0.2) is 27.3 Å². The Bertz CT molecular complexity index is 613. The summed E-state index contributed by atoms with van der Waals surface area (Å²) >= 11 is 14.9. The Morgan fingerprint density at radius 2 is 2.11 bits per heavy atom. The molecule has 0 unspecified atom stereocenters. The third kappa shape index (κ3) is 2.85. The normalized spacial score (nSPS) is 10.4. The molecule has 0 aromatic carbocycles. The molecule has 0 radical (unpaired) electrons. The van der Waals surface area contributed by atoms with Gasteiger partial charge in [0.25, 0.3) is 5.91 Å². The van der Waals surface area contributed by atoms with Crippen molar-refractivity contribution in [2.24, 2.45) is 0 Å². The summed E-state index contributed by atoms with van der Waals surface area (Å²) in [5.74, 6) is -0.0275. The number of anilines is 1. The molecule has 4 nitrogen and oxygen atoms in total. The standard InChI is InChI=1S/C11H7BrCl2N2O2/c1-5-6(13)4-7(14)10(15-5)16-11(17)8-2-3-9(12)18-8/h2-4H,1H3,(H,15,16,17). The predicted octanol–water partition coefficient (Wildman–Crippen LogP) is 4.30. The van der Waals surface area contributed by atoms with E-state index in [1.165, 1.54) is 12.1 Å². The predicted molar refractivity (Wildman–Crippen MR) is 73.4 cm³/mol. The number of hydrogen-bond acceptors (Lipinski definition) is 3. The van der Waals surface area contributed by atoms with Gasteiger partial charge in [0.1, 0.15) is 0 Å². The molecule has 0 bridgehead atoms. The van der Waals surface area contributed by atoms with Gasteiger partial charge in [-0.3, -0.25) is 4.79 Å². The highest BCUT2D eigenvalue weighted by Gasteiger charge is 2.14. The number of pyridine rings is 1. The third-order valence-corrected chi connectivity index (χ3v) is 3.23. The second-order valence-corrected chi connectivity index (χ2v) is 5.04. The highest BCUT2D eigenvalue weighted by atomic mass is 79.9. The third-order valence-electron chi connectivity index (χ3n) is 2.13. The minimum Gasteiger partial charge on any atom is -0.444 e. The fourth-order valence-electron chi connectivity index (χ4n) is 1.25. The van der Waals surface area contributed by atoms with E-state index in [-0.39, 0.29) is 16.6 Å². The molecule has 7 heteroatoms. The molecule has 0 atom stereocenters. The maximum atomic E-state index is 11.8. The Balaban J connectivity index is 2.24. The zero-order valence-electron chi connectivity index (χ0n) is 9.13. The van der Waals surface area contributed by atoms with E-state index in [1.54, 1.807) is 13.0 Å². The Labute approximate surface area is 121 Å². The van der Waals surface area contributed by atoms with Crippen molar-refractivity contribution in [2.75, 3.05) is 5.32 Å². The zero-order chi connectivity index (χ0) is 13.3. The van der Waals surface area contributed by atoms with E-state index < -0.39 is 5.91 Å². The van der Waals surface area contributed by atoms with Gasteiger partial charge in [-0.15, -0.1) is 0 Å². The molecule has 0 saturated carbocycles. The molecule has 1 N–H and O–H groups in total. The molecule has 2 heterocycles. The molecule has 2 aromatic rings. The van der Waals surface area contributed by atoms with Gasteiger partial charge >= 0.3 is 0 Å². The molecule has 0 aliphatic rings. The Hall–Kier alpha value is -1.04. The molecular weight excluding hydrogens is 343 g/mol. The summed E-state index contributed by atoms with van der Waals surface area (Å²) in [6.45, 7) is 1.72.